The van der Waals surface area contributed by atoms with Crippen molar-refractivity contribution in [3.8, 4) is 0 Å². The van der Waals surface area contributed by atoms with E-state index in [1.165, 1.54) is 0 Å². The third-order valence-corrected chi connectivity index (χ3v) is 1.46. The lowest BCUT2D eigenvalue weighted by Crippen LogP contribution is -2.23. The maximum absolute atomic E-state index is 10.8. The van der Waals surface area contributed by atoms with Crippen molar-refractivity contribution in [2.75, 3.05) is 0 Å². The van der Waals surface area contributed by atoms with Crippen molar-refractivity contribution in [2.45, 2.75) is 6.04 Å². The third-order valence-electron chi connectivity index (χ3n) is 1.46. The Kier molecular flexibility index (Phi) is 0.943. The molecule has 4 heteroatoms. The Morgan fingerprint density at radius 1 is 1.50 bits per heavy atom. The van der Waals surface area contributed by atoms with Crippen LogP contribution >= 0.6 is 0 Å². The van der Waals surface area contributed by atoms with Gasteiger partial charge >= 0.3 is 0 Å². The largest absolute Gasteiger partial charge is 0.695 e. The normalized spacial score (nSPS) is 27.8. The van der Waals surface area contributed by atoms with E-state index in [1.54, 1.807) is 12.2 Å². The smallest absolute Gasteiger partial charge is 0.231 e. The Morgan fingerprint density at radius 2 is 2.40 bits per heavy atom. The quantitative estimate of drug-likeness (QED) is 0.358. The van der Waals surface area contributed by atoms with Crippen LogP contribution in [0, 0.1) is 5.21 Å². The lowest BCUT2D eigenvalue weighted by atomic mass is 10.1. The Hall–Kier alpha value is -1.45. The van der Waals surface area contributed by atoms with Crippen molar-refractivity contribution in [3.63, 3.8) is 0 Å². The summed E-state index contributed by atoms with van der Waals surface area (Å²) in [7, 11) is 0. The number of hydrogen-bond donors (Lipinski definition) is 0. The first-order valence-corrected chi connectivity index (χ1v) is 2.98. The second-order valence-electron chi connectivity index (χ2n) is 2.11. The summed E-state index contributed by atoms with van der Waals surface area (Å²) in [6.07, 6.45) is 7.20. The molecule has 4 nitrogen and oxygen atoms in total. The van der Waals surface area contributed by atoms with Gasteiger partial charge in [-0.2, -0.15) is 0 Å². The fourth-order valence-electron chi connectivity index (χ4n) is 0.951. The van der Waals surface area contributed by atoms with Gasteiger partial charge in [-0.15, -0.1) is 4.86 Å². The highest BCUT2D eigenvalue weighted by Crippen LogP contribution is 2.10. The van der Waals surface area contributed by atoms with E-state index < -0.39 is 0 Å². The van der Waals surface area contributed by atoms with Gasteiger partial charge in [-0.1, -0.05) is 12.2 Å². The fourth-order valence-corrected chi connectivity index (χ4v) is 0.951. The predicted molar refractivity (Wildman–Crippen MR) is 35.6 cm³/mol. The zero-order chi connectivity index (χ0) is 6.97. The van der Waals surface area contributed by atoms with Crippen molar-refractivity contribution in [1.82, 2.24) is 0 Å². The SMILES string of the molecule is [O-][N+]1=NN=C2C=CC=CC21. The summed E-state index contributed by atoms with van der Waals surface area (Å²) in [5, 5.41) is 17.8. The Morgan fingerprint density at radius 3 is 3.20 bits per heavy atom. The highest BCUT2D eigenvalue weighted by molar-refractivity contribution is 6.01. The second kappa shape index (κ2) is 1.76. The summed E-state index contributed by atoms with van der Waals surface area (Å²) in [5.41, 5.74) is 0.720. The number of hydroxylamine groups is 1. The molecule has 0 radical (unpaired) electrons. The van der Waals surface area contributed by atoms with Crippen LogP contribution in [0.5, 0.6) is 0 Å². The van der Waals surface area contributed by atoms with Crippen LogP contribution in [0.2, 0.25) is 0 Å². The average molecular weight is 135 g/mol. The molecule has 1 aliphatic carbocycles. The maximum atomic E-state index is 10.8. The number of allylic oxidation sites excluding steroid dienone is 2. The molecule has 1 unspecified atom stereocenters. The van der Waals surface area contributed by atoms with Crippen LogP contribution in [0.1, 0.15) is 0 Å². The lowest BCUT2D eigenvalue weighted by molar-refractivity contribution is -0.533. The molecule has 0 saturated carbocycles. The Balaban J connectivity index is 2.39. The molecule has 2 aliphatic rings. The molecule has 10 heavy (non-hydrogen) atoms. The minimum Gasteiger partial charge on any atom is -0.695 e. The molecule has 0 aromatic carbocycles. The summed E-state index contributed by atoms with van der Waals surface area (Å²) in [6, 6.07) is -0.273. The van der Waals surface area contributed by atoms with E-state index in [2.05, 4.69) is 10.3 Å². The van der Waals surface area contributed by atoms with Gasteiger partial charge in [0.1, 0.15) is 5.22 Å². The monoisotopic (exact) mass is 135 g/mol. The number of rotatable bonds is 0. The molecule has 0 amide bonds. The highest BCUT2D eigenvalue weighted by atomic mass is 16.5. The van der Waals surface area contributed by atoms with Crippen LogP contribution in [-0.4, -0.2) is 16.6 Å². The minimum absolute atomic E-state index is 0.273. The highest BCUT2D eigenvalue weighted by Gasteiger charge is 2.27. The number of hydrogen-bond acceptors (Lipinski definition) is 3. The summed E-state index contributed by atoms with van der Waals surface area (Å²) < 4.78 is 0. The van der Waals surface area contributed by atoms with Crippen LogP contribution in [-0.2, 0) is 0 Å². The van der Waals surface area contributed by atoms with E-state index in [4.69, 9.17) is 0 Å². The van der Waals surface area contributed by atoms with Crippen molar-refractivity contribution in [1.29, 1.82) is 0 Å². The maximum Gasteiger partial charge on any atom is 0.231 e. The first kappa shape index (κ1) is 5.34. The number of nitrogens with zero attached hydrogens (tertiary/aromatic N) is 3. The van der Waals surface area contributed by atoms with Crippen LogP contribution in [0.4, 0.5) is 0 Å². The standard InChI is InChI=1S/C6H5N3O/c10-9-6-4-2-1-3-5(6)7-8-9/h1-4,6H. The Bertz CT molecular complexity index is 275. The van der Waals surface area contributed by atoms with E-state index in [-0.39, 0.29) is 6.04 Å². The van der Waals surface area contributed by atoms with Crippen LogP contribution in [0.25, 0.3) is 0 Å². The molecule has 0 aromatic rings. The molecule has 2 rings (SSSR count). The van der Waals surface area contributed by atoms with Crippen LogP contribution < -0.4 is 0 Å². The van der Waals surface area contributed by atoms with E-state index in [0.29, 0.717) is 4.86 Å². The van der Waals surface area contributed by atoms with E-state index in [0.717, 1.165) is 5.71 Å². The van der Waals surface area contributed by atoms with Gasteiger partial charge in [0.15, 0.2) is 0 Å². The molecule has 0 fully saturated rings. The molecule has 0 bridgehead atoms. The molecule has 1 aliphatic heterocycles. The van der Waals surface area contributed by atoms with Gasteiger partial charge < -0.3 is 5.21 Å². The number of fused-ring (bicyclic) bond motifs is 1. The van der Waals surface area contributed by atoms with Gasteiger partial charge in [-0.05, 0) is 12.2 Å². The molecule has 50 valence electrons. The first-order valence-electron chi connectivity index (χ1n) is 2.98. The third kappa shape index (κ3) is 0.586. The van der Waals surface area contributed by atoms with Gasteiger partial charge in [0, 0.05) is 0 Å². The predicted octanol–water partition coefficient (Wildman–Crippen LogP) is 0.813. The Labute approximate surface area is 57.4 Å². The van der Waals surface area contributed by atoms with Crippen molar-refractivity contribution in [3.05, 3.63) is 29.5 Å². The summed E-state index contributed by atoms with van der Waals surface area (Å²) >= 11 is 0. The van der Waals surface area contributed by atoms with E-state index in [9.17, 15) is 5.21 Å². The lowest BCUT2D eigenvalue weighted by Gasteiger charge is -2.07. The molecule has 0 spiro atoms. The summed E-state index contributed by atoms with van der Waals surface area (Å²) in [4.78, 5) is 0.593. The molecule has 0 aromatic heterocycles. The molecular formula is C6H5N3O. The van der Waals surface area contributed by atoms with Crippen LogP contribution in [0.3, 0.4) is 0 Å². The van der Waals surface area contributed by atoms with E-state index >= 15 is 0 Å². The second-order valence-corrected chi connectivity index (χ2v) is 2.11. The summed E-state index contributed by atoms with van der Waals surface area (Å²) in [6.45, 7) is 0. The van der Waals surface area contributed by atoms with Gasteiger partial charge in [0.25, 0.3) is 0 Å². The average Bonchev–Trinajstić information content (AvgIpc) is 2.34. The summed E-state index contributed by atoms with van der Waals surface area (Å²) in [5.74, 6) is 0. The van der Waals surface area contributed by atoms with Crippen molar-refractivity contribution < 1.29 is 4.86 Å². The molecular weight excluding hydrogens is 130 g/mol. The van der Waals surface area contributed by atoms with E-state index in [1.807, 2.05) is 12.2 Å². The zero-order valence-corrected chi connectivity index (χ0v) is 5.14. The zero-order valence-electron chi connectivity index (χ0n) is 5.14. The molecule has 1 atom stereocenters. The van der Waals surface area contributed by atoms with Gasteiger partial charge in [-0.25, -0.2) is 0 Å². The molecule has 0 N–H and O–H groups in total. The van der Waals surface area contributed by atoms with Gasteiger partial charge in [-0.3, -0.25) is 0 Å². The van der Waals surface area contributed by atoms with Crippen molar-refractivity contribution >= 4 is 5.71 Å². The topological polar surface area (TPSA) is 50.8 Å². The van der Waals surface area contributed by atoms with Crippen LogP contribution in [0.15, 0.2) is 34.6 Å². The molecule has 1 heterocycles. The molecule has 0 saturated heterocycles. The fraction of sp³-hybridized carbons (Fsp3) is 0.167. The van der Waals surface area contributed by atoms with Gasteiger partial charge in [0.2, 0.25) is 11.8 Å². The van der Waals surface area contributed by atoms with Crippen molar-refractivity contribution in [2.24, 2.45) is 10.3 Å². The minimum atomic E-state index is -0.273. The first-order chi connectivity index (χ1) is 4.88. The van der Waals surface area contributed by atoms with Gasteiger partial charge in [0.05, 0.1) is 5.10 Å².